The Morgan fingerprint density at radius 3 is 3.07 bits per heavy atom. The Balaban J connectivity index is 1.46. The summed E-state index contributed by atoms with van der Waals surface area (Å²) in [5, 5.41) is 2.56. The van der Waals surface area contributed by atoms with Crippen LogP contribution in [0.1, 0.15) is 37.2 Å². The SMILES string of the molecule is O=C(CC(F)(F)F)NC1CCCN([C@@H]2CC=N[C@@H]3C=Nc4[nH]ccc4C23)C1. The predicted octanol–water partition coefficient (Wildman–Crippen LogP) is 2.56. The Kier molecular flexibility index (Phi) is 4.79. The van der Waals surface area contributed by atoms with Gasteiger partial charge in [-0.3, -0.25) is 14.7 Å². The van der Waals surface area contributed by atoms with E-state index in [2.05, 4.69) is 25.2 Å². The topological polar surface area (TPSA) is 72.8 Å². The second-order valence-electron chi connectivity index (χ2n) is 7.40. The fraction of sp³-hybridized carbons (Fsp3) is 0.611. The number of carbonyl (C=O) groups is 1. The third-order valence-electron chi connectivity index (χ3n) is 5.53. The van der Waals surface area contributed by atoms with Gasteiger partial charge in [-0.25, -0.2) is 4.99 Å². The minimum absolute atomic E-state index is 0.0211. The van der Waals surface area contributed by atoms with E-state index < -0.39 is 18.5 Å². The molecule has 4 heterocycles. The molecule has 0 spiro atoms. The molecule has 146 valence electrons. The zero-order chi connectivity index (χ0) is 19.0. The van der Waals surface area contributed by atoms with Crippen molar-refractivity contribution in [3.05, 3.63) is 17.8 Å². The summed E-state index contributed by atoms with van der Waals surface area (Å²) in [7, 11) is 0. The lowest BCUT2D eigenvalue weighted by Crippen LogP contribution is -2.55. The average Bonchev–Trinajstić information content (AvgIpc) is 3.08. The zero-order valence-electron chi connectivity index (χ0n) is 14.7. The minimum Gasteiger partial charge on any atom is -0.352 e. The van der Waals surface area contributed by atoms with Gasteiger partial charge < -0.3 is 10.3 Å². The summed E-state index contributed by atoms with van der Waals surface area (Å²) < 4.78 is 37.3. The van der Waals surface area contributed by atoms with Crippen molar-refractivity contribution in [3.8, 4) is 0 Å². The molecular formula is C18H22F3N5O. The molecule has 4 rings (SSSR count). The van der Waals surface area contributed by atoms with E-state index in [-0.39, 0.29) is 24.0 Å². The highest BCUT2D eigenvalue weighted by molar-refractivity contribution is 5.79. The van der Waals surface area contributed by atoms with Crippen LogP contribution in [0.5, 0.6) is 0 Å². The summed E-state index contributed by atoms with van der Waals surface area (Å²) in [6, 6.07) is 1.95. The highest BCUT2D eigenvalue weighted by Crippen LogP contribution is 2.40. The molecule has 3 aliphatic heterocycles. The number of halogens is 3. The molecule has 27 heavy (non-hydrogen) atoms. The number of likely N-dealkylation sites (tertiary alicyclic amines) is 1. The number of nitrogens with zero attached hydrogens (tertiary/aromatic N) is 3. The lowest BCUT2D eigenvalue weighted by atomic mass is 9.80. The van der Waals surface area contributed by atoms with Crippen LogP contribution in [0.3, 0.4) is 0 Å². The smallest absolute Gasteiger partial charge is 0.352 e. The van der Waals surface area contributed by atoms with Crippen LogP contribution in [0, 0.1) is 0 Å². The molecule has 9 heteroatoms. The van der Waals surface area contributed by atoms with E-state index >= 15 is 0 Å². The number of fused-ring (bicyclic) bond motifs is 3. The molecule has 0 aliphatic carbocycles. The van der Waals surface area contributed by atoms with Gasteiger partial charge in [0.05, 0.1) is 6.04 Å². The maximum atomic E-state index is 12.4. The molecule has 2 unspecified atom stereocenters. The number of aromatic nitrogens is 1. The fourth-order valence-corrected chi connectivity index (χ4v) is 4.45. The van der Waals surface area contributed by atoms with Crippen molar-refractivity contribution in [2.75, 3.05) is 13.1 Å². The van der Waals surface area contributed by atoms with Gasteiger partial charge in [-0.1, -0.05) is 0 Å². The molecule has 0 aromatic carbocycles. The normalized spacial score (nSPS) is 30.6. The molecule has 0 saturated carbocycles. The summed E-state index contributed by atoms with van der Waals surface area (Å²) >= 11 is 0. The van der Waals surface area contributed by atoms with Crippen LogP contribution in [0.25, 0.3) is 0 Å². The van der Waals surface area contributed by atoms with Crippen LogP contribution in [0.4, 0.5) is 19.0 Å². The van der Waals surface area contributed by atoms with E-state index in [1.54, 1.807) is 0 Å². The molecule has 0 radical (unpaired) electrons. The first-order valence-electron chi connectivity index (χ1n) is 9.24. The van der Waals surface area contributed by atoms with Crippen molar-refractivity contribution >= 4 is 24.2 Å². The number of carbonyl (C=O) groups excluding carboxylic acids is 1. The Morgan fingerprint density at radius 1 is 1.41 bits per heavy atom. The minimum atomic E-state index is -4.47. The van der Waals surface area contributed by atoms with Crippen molar-refractivity contribution in [2.24, 2.45) is 9.98 Å². The van der Waals surface area contributed by atoms with Crippen LogP contribution in [0.2, 0.25) is 0 Å². The van der Waals surface area contributed by atoms with Crippen LogP contribution in [0.15, 0.2) is 22.2 Å². The van der Waals surface area contributed by atoms with E-state index in [1.807, 2.05) is 24.7 Å². The highest BCUT2D eigenvalue weighted by Gasteiger charge is 2.41. The number of aromatic amines is 1. The third kappa shape index (κ3) is 3.92. The van der Waals surface area contributed by atoms with Gasteiger partial charge in [0.15, 0.2) is 0 Å². The monoisotopic (exact) mass is 381 g/mol. The largest absolute Gasteiger partial charge is 0.397 e. The number of H-pyrrole nitrogens is 1. The van der Waals surface area contributed by atoms with E-state index in [9.17, 15) is 18.0 Å². The lowest BCUT2D eigenvalue weighted by molar-refractivity contribution is -0.154. The molecule has 2 N–H and O–H groups in total. The zero-order valence-corrected chi connectivity index (χ0v) is 14.7. The van der Waals surface area contributed by atoms with Gasteiger partial charge in [0, 0.05) is 48.7 Å². The van der Waals surface area contributed by atoms with Crippen molar-refractivity contribution in [1.82, 2.24) is 15.2 Å². The first-order chi connectivity index (χ1) is 12.9. The van der Waals surface area contributed by atoms with Crippen LogP contribution in [-0.4, -0.2) is 65.6 Å². The molecule has 3 aliphatic rings. The Morgan fingerprint density at radius 2 is 2.26 bits per heavy atom. The average molecular weight is 381 g/mol. The molecule has 1 saturated heterocycles. The van der Waals surface area contributed by atoms with E-state index in [0.717, 1.165) is 30.8 Å². The molecule has 6 nitrogen and oxygen atoms in total. The molecule has 4 atom stereocenters. The van der Waals surface area contributed by atoms with Gasteiger partial charge in [-0.05, 0) is 31.9 Å². The Labute approximate surface area is 154 Å². The number of amides is 1. The summed E-state index contributed by atoms with van der Waals surface area (Å²) in [6.45, 7) is 1.42. The van der Waals surface area contributed by atoms with Gasteiger partial charge in [-0.15, -0.1) is 0 Å². The third-order valence-corrected chi connectivity index (χ3v) is 5.53. The van der Waals surface area contributed by atoms with Crippen LogP contribution >= 0.6 is 0 Å². The molecule has 0 bridgehead atoms. The Hall–Kier alpha value is -2.16. The second kappa shape index (κ2) is 7.10. The van der Waals surface area contributed by atoms with E-state index in [0.29, 0.717) is 13.0 Å². The quantitative estimate of drug-likeness (QED) is 0.845. The summed E-state index contributed by atoms with van der Waals surface area (Å²) in [6.07, 6.45) is 2.08. The molecule has 1 aromatic heterocycles. The number of hydrogen-bond acceptors (Lipinski definition) is 4. The van der Waals surface area contributed by atoms with Crippen molar-refractivity contribution in [3.63, 3.8) is 0 Å². The van der Waals surface area contributed by atoms with Crippen LogP contribution < -0.4 is 5.32 Å². The van der Waals surface area contributed by atoms with Crippen molar-refractivity contribution in [2.45, 2.75) is 55.9 Å². The number of alkyl halides is 3. The second-order valence-corrected chi connectivity index (χ2v) is 7.40. The van der Waals surface area contributed by atoms with Gasteiger partial charge >= 0.3 is 6.18 Å². The molecule has 1 fully saturated rings. The number of piperidine rings is 1. The van der Waals surface area contributed by atoms with Gasteiger partial charge in [0.25, 0.3) is 0 Å². The van der Waals surface area contributed by atoms with Gasteiger partial charge in [0.2, 0.25) is 5.91 Å². The van der Waals surface area contributed by atoms with Crippen molar-refractivity contribution < 1.29 is 18.0 Å². The first kappa shape index (κ1) is 18.2. The Bertz CT molecular complexity index is 756. The van der Waals surface area contributed by atoms with Crippen LogP contribution in [-0.2, 0) is 4.79 Å². The lowest BCUT2D eigenvalue weighted by Gasteiger charge is -2.44. The molecule has 1 amide bonds. The van der Waals surface area contributed by atoms with Gasteiger partial charge in [-0.2, -0.15) is 13.2 Å². The maximum absolute atomic E-state index is 12.4. The number of rotatable bonds is 3. The number of aliphatic imine (C=N–C) groups is 2. The maximum Gasteiger partial charge on any atom is 0.397 e. The standard InChI is InChI=1S/C18H22F3N5O/c19-18(20,21)8-15(27)25-11-2-1-7-26(10-11)14-4-6-22-13-9-24-17-12(16(13)14)3-5-23-17/h3,5-6,9,11,13-14,16,23H,1-2,4,7-8,10H2,(H,25,27)/t11?,13-,14-,16?/m1/s1. The van der Waals surface area contributed by atoms with Crippen molar-refractivity contribution in [1.29, 1.82) is 0 Å². The molecule has 1 aromatic rings. The number of hydrogen-bond donors (Lipinski definition) is 2. The van der Waals surface area contributed by atoms with E-state index in [1.165, 1.54) is 0 Å². The number of nitrogens with one attached hydrogen (secondary N) is 2. The summed E-state index contributed by atoms with van der Waals surface area (Å²) in [5.41, 5.74) is 1.13. The first-order valence-corrected chi connectivity index (χ1v) is 9.24. The summed E-state index contributed by atoms with van der Waals surface area (Å²) in [5.74, 6) is 0.0684. The van der Waals surface area contributed by atoms with E-state index in [4.69, 9.17) is 0 Å². The fourth-order valence-electron chi connectivity index (χ4n) is 4.45. The highest BCUT2D eigenvalue weighted by atomic mass is 19.4. The van der Waals surface area contributed by atoms with Gasteiger partial charge in [0.1, 0.15) is 12.2 Å². The predicted molar refractivity (Wildman–Crippen MR) is 95.8 cm³/mol. The molecular weight excluding hydrogens is 359 g/mol. The summed E-state index contributed by atoms with van der Waals surface area (Å²) in [4.78, 5) is 26.1.